The Morgan fingerprint density at radius 2 is 1.88 bits per heavy atom. The van der Waals surface area contributed by atoms with E-state index in [4.69, 9.17) is 4.74 Å². The number of ether oxygens (including phenoxy) is 1. The number of aromatic nitrogens is 1. The first-order valence-corrected chi connectivity index (χ1v) is 9.60. The molecule has 0 radical (unpaired) electrons. The first-order chi connectivity index (χ1) is 11.9. The van der Waals surface area contributed by atoms with E-state index in [1.54, 1.807) is 0 Å². The maximum atomic E-state index is 11.9. The summed E-state index contributed by atoms with van der Waals surface area (Å²) in [7, 11) is 0. The van der Waals surface area contributed by atoms with E-state index in [0.717, 1.165) is 32.1 Å². The number of nitrogens with one attached hydrogen (secondary N) is 2. The summed E-state index contributed by atoms with van der Waals surface area (Å²) >= 11 is 0. The fraction of sp³-hybridized carbons (Fsp3) is 0.700. The van der Waals surface area contributed by atoms with Gasteiger partial charge in [-0.25, -0.2) is 4.79 Å². The highest BCUT2D eigenvalue weighted by Gasteiger charge is 2.28. The van der Waals surface area contributed by atoms with E-state index in [0.29, 0.717) is 12.1 Å². The molecule has 138 valence electrons. The quantitative estimate of drug-likeness (QED) is 0.872. The zero-order chi connectivity index (χ0) is 17.9. The van der Waals surface area contributed by atoms with Gasteiger partial charge in [0.2, 0.25) is 0 Å². The maximum Gasteiger partial charge on any atom is 0.407 e. The molecule has 0 bridgehead atoms. The average Bonchev–Trinajstić information content (AvgIpc) is 2.55. The van der Waals surface area contributed by atoms with E-state index in [1.165, 1.54) is 24.1 Å². The van der Waals surface area contributed by atoms with E-state index < -0.39 is 5.60 Å². The summed E-state index contributed by atoms with van der Waals surface area (Å²) in [5.74, 6) is 0. The van der Waals surface area contributed by atoms with Gasteiger partial charge in [-0.3, -0.25) is 4.98 Å². The molecule has 1 fully saturated rings. The van der Waals surface area contributed by atoms with Crippen molar-refractivity contribution < 1.29 is 9.53 Å². The van der Waals surface area contributed by atoms with Crippen molar-refractivity contribution in [1.29, 1.82) is 0 Å². The second-order valence-corrected chi connectivity index (χ2v) is 8.35. The number of fused-ring (bicyclic) bond motifs is 1. The van der Waals surface area contributed by atoms with Gasteiger partial charge in [0, 0.05) is 24.3 Å². The van der Waals surface area contributed by atoms with Crippen LogP contribution in [0.3, 0.4) is 0 Å². The molecule has 0 saturated heterocycles. The summed E-state index contributed by atoms with van der Waals surface area (Å²) in [6.45, 7) is 5.68. The number of alkyl carbamates (subject to hydrolysis) is 1. The Hall–Kier alpha value is -1.62. The van der Waals surface area contributed by atoms with Gasteiger partial charge in [-0.1, -0.05) is 6.07 Å². The van der Waals surface area contributed by atoms with Crippen LogP contribution in [0.2, 0.25) is 0 Å². The number of carbonyl (C=O) groups excluding carboxylic acids is 1. The minimum Gasteiger partial charge on any atom is -0.444 e. The van der Waals surface area contributed by atoms with Crippen molar-refractivity contribution in [1.82, 2.24) is 15.6 Å². The number of carbonyl (C=O) groups is 1. The number of pyridine rings is 1. The molecule has 1 atom stereocenters. The Bertz CT molecular complexity index is 589. The van der Waals surface area contributed by atoms with Crippen LogP contribution in [0.4, 0.5) is 4.79 Å². The van der Waals surface area contributed by atoms with Crippen LogP contribution in [0.25, 0.3) is 0 Å². The highest BCUT2D eigenvalue weighted by atomic mass is 16.6. The predicted octanol–water partition coefficient (Wildman–Crippen LogP) is 3.88. The van der Waals surface area contributed by atoms with Gasteiger partial charge in [-0.05, 0) is 77.3 Å². The minimum absolute atomic E-state index is 0.227. The lowest BCUT2D eigenvalue weighted by atomic mass is 9.87. The first-order valence-electron chi connectivity index (χ1n) is 9.60. The van der Waals surface area contributed by atoms with Crippen molar-refractivity contribution in [3.8, 4) is 0 Å². The van der Waals surface area contributed by atoms with E-state index in [2.05, 4.69) is 21.7 Å². The van der Waals surface area contributed by atoms with Gasteiger partial charge in [-0.15, -0.1) is 0 Å². The third-order valence-corrected chi connectivity index (χ3v) is 5.08. The number of nitrogens with zero attached hydrogens (tertiary/aromatic N) is 1. The van der Waals surface area contributed by atoms with Gasteiger partial charge in [0.1, 0.15) is 5.60 Å². The lowest BCUT2D eigenvalue weighted by molar-refractivity contribution is 0.0489. The van der Waals surface area contributed by atoms with Gasteiger partial charge < -0.3 is 15.4 Å². The molecule has 25 heavy (non-hydrogen) atoms. The topological polar surface area (TPSA) is 63.2 Å². The summed E-state index contributed by atoms with van der Waals surface area (Å²) in [5.41, 5.74) is 2.19. The molecule has 1 saturated carbocycles. The summed E-state index contributed by atoms with van der Waals surface area (Å²) < 4.78 is 5.35. The zero-order valence-electron chi connectivity index (χ0n) is 15.7. The molecule has 3 rings (SSSR count). The van der Waals surface area contributed by atoms with Crippen molar-refractivity contribution in [2.75, 3.05) is 0 Å². The fourth-order valence-electron chi connectivity index (χ4n) is 3.93. The molecule has 2 N–H and O–H groups in total. The molecule has 2 aliphatic carbocycles. The van der Waals surface area contributed by atoms with Crippen LogP contribution in [0.5, 0.6) is 0 Å². The monoisotopic (exact) mass is 345 g/mol. The molecule has 1 aromatic heterocycles. The number of amides is 1. The molecule has 0 aromatic carbocycles. The number of rotatable bonds is 3. The maximum absolute atomic E-state index is 11.9. The number of hydrogen-bond donors (Lipinski definition) is 2. The van der Waals surface area contributed by atoms with Crippen LogP contribution in [0.15, 0.2) is 18.3 Å². The minimum atomic E-state index is -0.440. The van der Waals surface area contributed by atoms with Crippen LogP contribution >= 0.6 is 0 Å². The molecular weight excluding hydrogens is 314 g/mol. The molecule has 2 aliphatic rings. The summed E-state index contributed by atoms with van der Waals surface area (Å²) in [6, 6.07) is 5.36. The molecule has 5 heteroatoms. The molecule has 5 nitrogen and oxygen atoms in total. The smallest absolute Gasteiger partial charge is 0.407 e. The molecule has 0 spiro atoms. The third kappa shape index (κ3) is 5.18. The zero-order valence-corrected chi connectivity index (χ0v) is 15.7. The molecule has 1 amide bonds. The SMILES string of the molecule is CC(C)(C)OC(=O)NC1CCC(NC2CCCc3cccnc32)CC1. The predicted molar refractivity (Wildman–Crippen MR) is 98.5 cm³/mol. The Balaban J connectivity index is 1.47. The van der Waals surface area contributed by atoms with Crippen LogP contribution in [-0.2, 0) is 11.2 Å². The summed E-state index contributed by atoms with van der Waals surface area (Å²) in [5, 5.41) is 6.83. The van der Waals surface area contributed by atoms with Crippen molar-refractivity contribution >= 4 is 6.09 Å². The van der Waals surface area contributed by atoms with E-state index in [9.17, 15) is 4.79 Å². The molecule has 0 aliphatic heterocycles. The third-order valence-electron chi connectivity index (χ3n) is 5.08. The van der Waals surface area contributed by atoms with Gasteiger partial charge in [0.25, 0.3) is 0 Å². The molecule has 1 unspecified atom stereocenters. The summed E-state index contributed by atoms with van der Waals surface area (Å²) in [6.07, 6.45) is 9.31. The number of hydrogen-bond acceptors (Lipinski definition) is 4. The Kier molecular flexibility index (Phi) is 5.62. The van der Waals surface area contributed by atoms with Crippen LogP contribution in [0.1, 0.15) is 76.6 Å². The van der Waals surface area contributed by atoms with E-state index >= 15 is 0 Å². The average molecular weight is 345 g/mol. The van der Waals surface area contributed by atoms with Crippen LogP contribution in [-0.4, -0.2) is 28.8 Å². The van der Waals surface area contributed by atoms with Gasteiger partial charge in [0.15, 0.2) is 0 Å². The highest BCUT2D eigenvalue weighted by molar-refractivity contribution is 5.68. The van der Waals surface area contributed by atoms with Crippen LogP contribution in [0, 0.1) is 0 Å². The largest absolute Gasteiger partial charge is 0.444 e. The van der Waals surface area contributed by atoms with E-state index in [-0.39, 0.29) is 12.1 Å². The van der Waals surface area contributed by atoms with Crippen LogP contribution < -0.4 is 10.6 Å². The molecule has 1 heterocycles. The molecular formula is C20H31N3O2. The lowest BCUT2D eigenvalue weighted by Gasteiger charge is -2.34. The van der Waals surface area contributed by atoms with Crippen molar-refractivity contribution in [3.63, 3.8) is 0 Å². The van der Waals surface area contributed by atoms with Crippen molar-refractivity contribution in [2.24, 2.45) is 0 Å². The van der Waals surface area contributed by atoms with Gasteiger partial charge in [0.05, 0.1) is 5.69 Å². The fourth-order valence-corrected chi connectivity index (χ4v) is 3.93. The highest BCUT2D eigenvalue weighted by Crippen LogP contribution is 2.30. The van der Waals surface area contributed by atoms with Crippen molar-refractivity contribution in [2.45, 2.75) is 89.4 Å². The van der Waals surface area contributed by atoms with E-state index in [1.807, 2.05) is 33.0 Å². The molecule has 1 aromatic rings. The number of aryl methyl sites for hydroxylation is 1. The standard InChI is InChI=1S/C20H31N3O2/c1-20(2,3)25-19(24)23-16-11-9-15(10-12-16)22-17-8-4-6-14-7-5-13-21-18(14)17/h5,7,13,15-17,22H,4,6,8-12H2,1-3H3,(H,23,24). The Morgan fingerprint density at radius 1 is 1.16 bits per heavy atom. The van der Waals surface area contributed by atoms with Gasteiger partial charge in [-0.2, -0.15) is 0 Å². The first kappa shape index (κ1) is 18.2. The second-order valence-electron chi connectivity index (χ2n) is 8.35. The second kappa shape index (κ2) is 7.73. The summed E-state index contributed by atoms with van der Waals surface area (Å²) in [4.78, 5) is 16.5. The van der Waals surface area contributed by atoms with Gasteiger partial charge >= 0.3 is 6.09 Å². The normalized spacial score (nSPS) is 26.6. The lowest BCUT2D eigenvalue weighted by Crippen LogP contribution is -2.45. The Morgan fingerprint density at radius 3 is 2.60 bits per heavy atom. The van der Waals surface area contributed by atoms with Crippen molar-refractivity contribution in [3.05, 3.63) is 29.6 Å². The Labute approximate surface area is 150 Å².